The summed E-state index contributed by atoms with van der Waals surface area (Å²) in [6.45, 7) is 0.306. The fourth-order valence-electron chi connectivity index (χ4n) is 2.10. The number of nitrogens with two attached hydrogens (primary N) is 1. The number of nitrogen functional groups attached to an aromatic ring is 1. The molecule has 0 bridgehead atoms. The minimum atomic E-state index is -0.259. The number of halogens is 2. The van der Waals surface area contributed by atoms with E-state index in [-0.39, 0.29) is 11.7 Å². The van der Waals surface area contributed by atoms with Crippen molar-refractivity contribution in [1.82, 2.24) is 15.6 Å². The number of hydrogen-bond acceptors (Lipinski definition) is 8. The number of aromatic nitrogens is 2. The van der Waals surface area contributed by atoms with E-state index in [2.05, 4.69) is 20.7 Å². The van der Waals surface area contributed by atoms with Crippen LogP contribution in [0.4, 0.5) is 5.13 Å². The Labute approximate surface area is 185 Å². The maximum atomic E-state index is 11.8. The topological polar surface area (TPSA) is 102 Å². The Kier molecular flexibility index (Phi) is 7.70. The standard InChI is InChI=1S/C18H15Cl2N5O2S2/c19-13-5-4-12(15(20)7-13)9-27-14-3-1-2-11(6-14)8-22-23-16(26)10-28-18-25-24-17(21)29-18/h1-8H,9-10H2,(H2,21,24)(H,23,26). The van der Waals surface area contributed by atoms with E-state index in [0.29, 0.717) is 31.9 Å². The van der Waals surface area contributed by atoms with Gasteiger partial charge >= 0.3 is 0 Å². The van der Waals surface area contributed by atoms with Gasteiger partial charge in [0.25, 0.3) is 5.91 Å². The Hall–Kier alpha value is -2.33. The minimum absolute atomic E-state index is 0.164. The molecule has 0 aliphatic rings. The molecule has 0 saturated carbocycles. The van der Waals surface area contributed by atoms with E-state index in [9.17, 15) is 4.79 Å². The van der Waals surface area contributed by atoms with Gasteiger partial charge in [0.15, 0.2) is 4.34 Å². The molecule has 2 aromatic carbocycles. The van der Waals surface area contributed by atoms with Crippen molar-refractivity contribution >= 4 is 63.6 Å². The van der Waals surface area contributed by atoms with Crippen molar-refractivity contribution in [2.24, 2.45) is 5.10 Å². The van der Waals surface area contributed by atoms with Gasteiger partial charge < -0.3 is 10.5 Å². The number of hydrazone groups is 1. The first-order chi connectivity index (χ1) is 14.0. The van der Waals surface area contributed by atoms with E-state index in [1.165, 1.54) is 29.3 Å². The van der Waals surface area contributed by atoms with Crippen LogP contribution in [0.15, 0.2) is 51.9 Å². The molecule has 3 aromatic rings. The summed E-state index contributed by atoms with van der Waals surface area (Å²) in [5.74, 6) is 0.553. The lowest BCUT2D eigenvalue weighted by atomic mass is 10.2. The van der Waals surface area contributed by atoms with Crippen LogP contribution in [-0.2, 0) is 11.4 Å². The second-order valence-corrected chi connectivity index (χ2v) is 8.66. The number of carbonyl (C=O) groups is 1. The third-order valence-corrected chi connectivity index (χ3v) is 5.89. The smallest absolute Gasteiger partial charge is 0.250 e. The fourth-order valence-corrected chi connectivity index (χ4v) is 3.99. The van der Waals surface area contributed by atoms with Gasteiger partial charge in [-0.3, -0.25) is 4.79 Å². The summed E-state index contributed by atoms with van der Waals surface area (Å²) in [6.07, 6.45) is 1.54. The van der Waals surface area contributed by atoms with E-state index in [1.54, 1.807) is 18.2 Å². The number of benzene rings is 2. The van der Waals surface area contributed by atoms with Crippen molar-refractivity contribution in [2.75, 3.05) is 11.5 Å². The van der Waals surface area contributed by atoms with Crippen molar-refractivity contribution in [3.05, 3.63) is 63.6 Å². The maximum absolute atomic E-state index is 11.8. The van der Waals surface area contributed by atoms with E-state index in [1.807, 2.05) is 24.3 Å². The van der Waals surface area contributed by atoms with Gasteiger partial charge in [-0.1, -0.05) is 64.5 Å². The molecule has 0 unspecified atom stereocenters. The quantitative estimate of drug-likeness (QED) is 0.291. The van der Waals surface area contributed by atoms with Crippen LogP contribution in [-0.4, -0.2) is 28.1 Å². The molecule has 1 aromatic heterocycles. The van der Waals surface area contributed by atoms with Crippen molar-refractivity contribution < 1.29 is 9.53 Å². The Morgan fingerprint density at radius 3 is 2.90 bits per heavy atom. The molecule has 0 atom stereocenters. The van der Waals surface area contributed by atoms with Crippen LogP contribution in [0.25, 0.3) is 0 Å². The lowest BCUT2D eigenvalue weighted by Crippen LogP contribution is -2.19. The van der Waals surface area contributed by atoms with E-state index in [4.69, 9.17) is 33.7 Å². The monoisotopic (exact) mass is 467 g/mol. The maximum Gasteiger partial charge on any atom is 0.250 e. The number of thioether (sulfide) groups is 1. The summed E-state index contributed by atoms with van der Waals surface area (Å²) in [5.41, 5.74) is 9.56. The minimum Gasteiger partial charge on any atom is -0.489 e. The molecule has 11 heteroatoms. The first-order valence-corrected chi connectivity index (χ1v) is 10.8. The third-order valence-electron chi connectivity index (χ3n) is 3.42. The highest BCUT2D eigenvalue weighted by atomic mass is 35.5. The Balaban J connectivity index is 1.49. The summed E-state index contributed by atoms with van der Waals surface area (Å²) >= 11 is 14.5. The van der Waals surface area contributed by atoms with Crippen LogP contribution in [0.5, 0.6) is 5.75 Å². The van der Waals surface area contributed by atoms with Crippen LogP contribution in [0.1, 0.15) is 11.1 Å². The number of nitrogens with zero attached hydrogens (tertiary/aromatic N) is 3. The molecule has 29 heavy (non-hydrogen) atoms. The number of anilines is 1. The molecule has 0 aliphatic carbocycles. The molecule has 0 spiro atoms. The molecule has 1 heterocycles. The molecule has 0 aliphatic heterocycles. The van der Waals surface area contributed by atoms with E-state index >= 15 is 0 Å². The van der Waals surface area contributed by atoms with E-state index in [0.717, 1.165) is 11.1 Å². The number of ether oxygens (including phenoxy) is 1. The molecule has 1 amide bonds. The average molecular weight is 468 g/mol. The molecule has 150 valence electrons. The van der Waals surface area contributed by atoms with Gasteiger partial charge in [-0.15, -0.1) is 10.2 Å². The highest BCUT2D eigenvalue weighted by molar-refractivity contribution is 8.01. The average Bonchev–Trinajstić information content (AvgIpc) is 3.11. The van der Waals surface area contributed by atoms with Crippen LogP contribution in [0.2, 0.25) is 10.0 Å². The zero-order valence-corrected chi connectivity index (χ0v) is 18.0. The van der Waals surface area contributed by atoms with Gasteiger partial charge in [0.2, 0.25) is 5.13 Å². The van der Waals surface area contributed by atoms with Gasteiger partial charge in [0.05, 0.1) is 12.0 Å². The summed E-state index contributed by atoms with van der Waals surface area (Å²) in [7, 11) is 0. The van der Waals surface area contributed by atoms with Gasteiger partial charge in [-0.25, -0.2) is 5.43 Å². The first-order valence-electron chi connectivity index (χ1n) is 8.20. The first kappa shape index (κ1) is 21.4. The number of rotatable bonds is 8. The predicted molar refractivity (Wildman–Crippen MR) is 118 cm³/mol. The normalized spacial score (nSPS) is 11.0. The highest BCUT2D eigenvalue weighted by Crippen LogP contribution is 2.24. The van der Waals surface area contributed by atoms with Crippen LogP contribution < -0.4 is 15.9 Å². The largest absolute Gasteiger partial charge is 0.489 e. The van der Waals surface area contributed by atoms with Crippen molar-refractivity contribution in [3.63, 3.8) is 0 Å². The van der Waals surface area contributed by atoms with Gasteiger partial charge in [-0.05, 0) is 29.8 Å². The Bertz CT molecular complexity index is 1030. The summed E-state index contributed by atoms with van der Waals surface area (Å²) in [5, 5.41) is 13.0. The summed E-state index contributed by atoms with van der Waals surface area (Å²) in [4.78, 5) is 11.8. The van der Waals surface area contributed by atoms with Crippen LogP contribution >= 0.6 is 46.3 Å². The molecule has 7 nitrogen and oxygen atoms in total. The zero-order chi connectivity index (χ0) is 20.6. The van der Waals surface area contributed by atoms with Crippen molar-refractivity contribution in [2.45, 2.75) is 10.9 Å². The zero-order valence-electron chi connectivity index (χ0n) is 14.8. The summed E-state index contributed by atoms with van der Waals surface area (Å²) in [6, 6.07) is 12.6. The Morgan fingerprint density at radius 1 is 1.28 bits per heavy atom. The van der Waals surface area contributed by atoms with E-state index < -0.39 is 0 Å². The lowest BCUT2D eigenvalue weighted by molar-refractivity contribution is -0.118. The Morgan fingerprint density at radius 2 is 2.14 bits per heavy atom. The molecule has 0 fully saturated rings. The van der Waals surface area contributed by atoms with Gasteiger partial charge in [0, 0.05) is 15.6 Å². The molecule has 3 rings (SSSR count). The fraction of sp³-hybridized carbons (Fsp3) is 0.111. The number of carbonyl (C=O) groups excluding carboxylic acids is 1. The van der Waals surface area contributed by atoms with Crippen LogP contribution in [0, 0.1) is 0 Å². The SMILES string of the molecule is Nc1nnc(SCC(=O)NN=Cc2cccc(OCc3ccc(Cl)cc3Cl)c2)s1. The van der Waals surface area contributed by atoms with Crippen LogP contribution in [0.3, 0.4) is 0 Å². The molecule has 3 N–H and O–H groups in total. The second kappa shape index (κ2) is 10.4. The highest BCUT2D eigenvalue weighted by Gasteiger charge is 2.06. The third kappa shape index (κ3) is 6.90. The summed E-state index contributed by atoms with van der Waals surface area (Å²) < 4.78 is 6.40. The molecular formula is C18H15Cl2N5O2S2. The predicted octanol–water partition coefficient (Wildman–Crippen LogP) is 4.25. The molecular weight excluding hydrogens is 453 g/mol. The number of hydrogen-bond donors (Lipinski definition) is 2. The van der Waals surface area contributed by atoms with Crippen molar-refractivity contribution in [3.8, 4) is 5.75 Å². The second-order valence-electron chi connectivity index (χ2n) is 5.58. The molecule has 0 saturated heterocycles. The van der Waals surface area contributed by atoms with Gasteiger partial charge in [-0.2, -0.15) is 5.10 Å². The van der Waals surface area contributed by atoms with Gasteiger partial charge in [0.1, 0.15) is 12.4 Å². The number of amides is 1. The molecule has 0 radical (unpaired) electrons. The number of nitrogens with one attached hydrogen (secondary N) is 1. The van der Waals surface area contributed by atoms with Crippen molar-refractivity contribution in [1.29, 1.82) is 0 Å². The lowest BCUT2D eigenvalue weighted by Gasteiger charge is -2.08.